The largest absolute Gasteiger partial charge is 0.478 e. The Morgan fingerprint density at radius 1 is 1.24 bits per heavy atom. The predicted molar refractivity (Wildman–Crippen MR) is 90.7 cm³/mol. The van der Waals surface area contributed by atoms with Crippen LogP contribution in [0.1, 0.15) is 59.5 Å². The Morgan fingerprint density at radius 3 is 2.80 bits per heavy atom. The molecule has 1 saturated heterocycles. The van der Waals surface area contributed by atoms with E-state index in [-0.39, 0.29) is 11.5 Å². The third kappa shape index (κ3) is 2.67. The molecule has 130 valence electrons. The monoisotopic (exact) mass is 339 g/mol. The van der Waals surface area contributed by atoms with Crippen LogP contribution < -0.4 is 4.90 Å². The van der Waals surface area contributed by atoms with E-state index < -0.39 is 5.97 Å². The van der Waals surface area contributed by atoms with Gasteiger partial charge in [0.1, 0.15) is 17.2 Å². The fourth-order valence-electron chi connectivity index (χ4n) is 4.09. The van der Waals surface area contributed by atoms with Crippen LogP contribution in [0.2, 0.25) is 0 Å². The van der Waals surface area contributed by atoms with Gasteiger partial charge in [-0.3, -0.25) is 5.10 Å². The summed E-state index contributed by atoms with van der Waals surface area (Å²) in [4.78, 5) is 22.8. The summed E-state index contributed by atoms with van der Waals surface area (Å²) in [5.74, 6) is 3.58. The van der Waals surface area contributed by atoms with E-state index >= 15 is 0 Å². The van der Waals surface area contributed by atoms with E-state index in [1.54, 1.807) is 18.3 Å². The van der Waals surface area contributed by atoms with Crippen LogP contribution in [-0.4, -0.2) is 44.3 Å². The number of anilines is 1. The quantitative estimate of drug-likeness (QED) is 0.868. The van der Waals surface area contributed by atoms with Crippen molar-refractivity contribution in [3.63, 3.8) is 0 Å². The average Bonchev–Trinajstić information content (AvgIpc) is 3.55. The molecule has 2 aromatic rings. The number of rotatable bonds is 5. The van der Waals surface area contributed by atoms with Crippen LogP contribution >= 0.6 is 0 Å². The zero-order valence-corrected chi connectivity index (χ0v) is 13.9. The molecule has 2 aliphatic carbocycles. The van der Waals surface area contributed by atoms with Gasteiger partial charge in [0.25, 0.3) is 0 Å². The number of aromatic nitrogens is 4. The molecule has 7 nitrogen and oxygen atoms in total. The highest BCUT2D eigenvalue weighted by molar-refractivity contribution is 5.93. The topological polar surface area (TPSA) is 95.0 Å². The first-order valence-corrected chi connectivity index (χ1v) is 9.06. The van der Waals surface area contributed by atoms with E-state index in [9.17, 15) is 9.90 Å². The summed E-state index contributed by atoms with van der Waals surface area (Å²) < 4.78 is 0. The molecule has 3 heterocycles. The number of aromatic amines is 1. The van der Waals surface area contributed by atoms with Crippen molar-refractivity contribution in [2.45, 2.75) is 37.5 Å². The third-order valence-electron chi connectivity index (χ3n) is 5.72. The van der Waals surface area contributed by atoms with E-state index in [4.69, 9.17) is 4.98 Å². The maximum atomic E-state index is 11.5. The fourth-order valence-corrected chi connectivity index (χ4v) is 4.09. The Balaban J connectivity index is 1.45. The smallest absolute Gasteiger partial charge is 0.339 e. The second kappa shape index (κ2) is 5.54. The van der Waals surface area contributed by atoms with Crippen LogP contribution in [0, 0.1) is 11.8 Å². The van der Waals surface area contributed by atoms with Crippen molar-refractivity contribution in [2.75, 3.05) is 18.0 Å². The van der Waals surface area contributed by atoms with Crippen molar-refractivity contribution >= 4 is 11.8 Å². The summed E-state index contributed by atoms with van der Waals surface area (Å²) in [5.41, 5.74) is 0.272. The highest BCUT2D eigenvalue weighted by Gasteiger charge is 2.45. The molecular weight excluding hydrogens is 318 g/mol. The van der Waals surface area contributed by atoms with Crippen LogP contribution in [0.4, 0.5) is 5.82 Å². The molecule has 0 amide bonds. The first-order valence-electron chi connectivity index (χ1n) is 9.06. The van der Waals surface area contributed by atoms with Crippen LogP contribution in [0.5, 0.6) is 0 Å². The molecule has 1 aliphatic heterocycles. The number of aromatic carboxylic acids is 1. The number of pyridine rings is 1. The lowest BCUT2D eigenvalue weighted by atomic mass is 9.91. The summed E-state index contributed by atoms with van der Waals surface area (Å²) in [6.07, 6.45) is 6.56. The van der Waals surface area contributed by atoms with Gasteiger partial charge in [-0.25, -0.2) is 14.8 Å². The number of carboxylic acids is 1. The van der Waals surface area contributed by atoms with Crippen molar-refractivity contribution < 1.29 is 9.90 Å². The van der Waals surface area contributed by atoms with Crippen LogP contribution in [-0.2, 0) is 0 Å². The molecule has 2 aromatic heterocycles. The maximum absolute atomic E-state index is 11.5. The summed E-state index contributed by atoms with van der Waals surface area (Å²) >= 11 is 0. The Kier molecular flexibility index (Phi) is 3.29. The molecular formula is C18H21N5O2. The maximum Gasteiger partial charge on any atom is 0.339 e. The van der Waals surface area contributed by atoms with Gasteiger partial charge >= 0.3 is 5.97 Å². The molecule has 0 spiro atoms. The summed E-state index contributed by atoms with van der Waals surface area (Å²) in [6.45, 7) is 1.59. The lowest BCUT2D eigenvalue weighted by Crippen LogP contribution is -2.24. The molecule has 3 fully saturated rings. The molecule has 2 atom stereocenters. The van der Waals surface area contributed by atoms with Gasteiger partial charge in [0.15, 0.2) is 5.82 Å². The molecule has 2 N–H and O–H groups in total. The minimum absolute atomic E-state index is 0.272. The molecule has 0 unspecified atom stereocenters. The normalized spacial score (nSPS) is 26.2. The van der Waals surface area contributed by atoms with Gasteiger partial charge in [0.05, 0.1) is 0 Å². The SMILES string of the molecule is O=C(O)c1cccnc1N1C[C@H](c2nc(C3CC3)n[nH]2)[C@@H](C2CC2)C1. The van der Waals surface area contributed by atoms with Crippen molar-refractivity contribution in [1.82, 2.24) is 20.2 Å². The predicted octanol–water partition coefficient (Wildman–Crippen LogP) is 2.41. The zero-order valence-electron chi connectivity index (χ0n) is 13.9. The van der Waals surface area contributed by atoms with E-state index in [0.717, 1.165) is 24.7 Å². The number of nitrogens with one attached hydrogen (secondary N) is 1. The number of nitrogens with zero attached hydrogens (tertiary/aromatic N) is 4. The number of hydrogen-bond acceptors (Lipinski definition) is 5. The van der Waals surface area contributed by atoms with E-state index in [1.807, 2.05) is 0 Å². The van der Waals surface area contributed by atoms with Gasteiger partial charge < -0.3 is 10.0 Å². The van der Waals surface area contributed by atoms with Crippen LogP contribution in [0.3, 0.4) is 0 Å². The van der Waals surface area contributed by atoms with Crippen molar-refractivity contribution in [3.05, 3.63) is 35.5 Å². The summed E-state index contributed by atoms with van der Waals surface area (Å²) in [5, 5.41) is 17.1. The summed E-state index contributed by atoms with van der Waals surface area (Å²) in [7, 11) is 0. The van der Waals surface area contributed by atoms with Crippen molar-refractivity contribution in [2.24, 2.45) is 11.8 Å². The highest BCUT2D eigenvalue weighted by atomic mass is 16.4. The van der Waals surface area contributed by atoms with Crippen molar-refractivity contribution in [3.8, 4) is 0 Å². The second-order valence-corrected chi connectivity index (χ2v) is 7.55. The first-order chi connectivity index (χ1) is 12.2. The van der Waals surface area contributed by atoms with Crippen LogP contribution in [0.15, 0.2) is 18.3 Å². The van der Waals surface area contributed by atoms with E-state index in [0.29, 0.717) is 23.6 Å². The molecule has 0 bridgehead atoms. The third-order valence-corrected chi connectivity index (χ3v) is 5.72. The standard InChI is InChI=1S/C18H21N5O2/c24-18(25)12-2-1-7-19-17(12)23-8-13(10-3-4-10)14(9-23)16-20-15(21-22-16)11-5-6-11/h1-2,7,10-11,13-14H,3-6,8-9H2,(H,24,25)(H,20,21,22)/t13-,14+/m1/s1. The summed E-state index contributed by atoms with van der Waals surface area (Å²) in [6, 6.07) is 3.31. The second-order valence-electron chi connectivity index (χ2n) is 7.55. The zero-order chi connectivity index (χ0) is 17.0. The van der Waals surface area contributed by atoms with Gasteiger partial charge in [-0.1, -0.05) is 0 Å². The fraction of sp³-hybridized carbons (Fsp3) is 0.556. The minimum atomic E-state index is -0.926. The number of carbonyl (C=O) groups is 1. The molecule has 5 rings (SSSR count). The van der Waals surface area contributed by atoms with E-state index in [2.05, 4.69) is 20.1 Å². The number of H-pyrrole nitrogens is 1. The molecule has 3 aliphatic rings. The molecule has 7 heteroatoms. The lowest BCUT2D eigenvalue weighted by molar-refractivity contribution is 0.0697. The minimum Gasteiger partial charge on any atom is -0.478 e. The van der Waals surface area contributed by atoms with Gasteiger partial charge in [-0.2, -0.15) is 5.10 Å². The van der Waals surface area contributed by atoms with Gasteiger partial charge in [0.2, 0.25) is 0 Å². The Hall–Kier alpha value is -2.44. The Bertz CT molecular complexity index is 811. The molecule has 2 saturated carbocycles. The Labute approximate surface area is 145 Å². The highest BCUT2D eigenvalue weighted by Crippen LogP contribution is 2.48. The average molecular weight is 339 g/mol. The van der Waals surface area contributed by atoms with Crippen LogP contribution in [0.25, 0.3) is 0 Å². The first kappa shape index (κ1) is 14.9. The Morgan fingerprint density at radius 2 is 2.08 bits per heavy atom. The molecule has 25 heavy (non-hydrogen) atoms. The number of carboxylic acid groups (broad SMARTS) is 1. The van der Waals surface area contributed by atoms with Crippen molar-refractivity contribution in [1.29, 1.82) is 0 Å². The van der Waals surface area contributed by atoms with Gasteiger partial charge in [-0.05, 0) is 49.7 Å². The van der Waals surface area contributed by atoms with Gasteiger partial charge in [0, 0.05) is 31.1 Å². The molecule has 0 aromatic carbocycles. The number of hydrogen-bond donors (Lipinski definition) is 2. The molecule has 0 radical (unpaired) electrons. The lowest BCUT2D eigenvalue weighted by Gasteiger charge is -2.19. The van der Waals surface area contributed by atoms with Gasteiger partial charge in [-0.15, -0.1) is 0 Å². The van der Waals surface area contributed by atoms with E-state index in [1.165, 1.54) is 25.7 Å².